The van der Waals surface area contributed by atoms with Crippen molar-refractivity contribution in [2.45, 2.75) is 26.0 Å². The van der Waals surface area contributed by atoms with Gasteiger partial charge in [-0.2, -0.15) is 0 Å². The zero-order valence-corrected chi connectivity index (χ0v) is 15.0. The minimum atomic E-state index is -0.508. The average molecular weight is 370 g/mol. The summed E-state index contributed by atoms with van der Waals surface area (Å²) in [5, 5.41) is 16.1. The summed E-state index contributed by atoms with van der Waals surface area (Å²) >= 11 is 0. The zero-order valence-electron chi connectivity index (χ0n) is 15.0. The number of hydrogen-bond donors (Lipinski definition) is 3. The molecule has 0 aromatic heterocycles. The smallest absolute Gasteiger partial charge is 0.407 e. The highest BCUT2D eigenvalue weighted by Gasteiger charge is 2.23. The Bertz CT molecular complexity index is 823. The molecule has 1 heterocycles. The minimum absolute atomic E-state index is 0.0696. The number of alkyl carbamates (subject to hydrolysis) is 1. The summed E-state index contributed by atoms with van der Waals surface area (Å²) in [4.78, 5) is 23.2. The van der Waals surface area contributed by atoms with Gasteiger partial charge in [-0.05, 0) is 41.8 Å². The number of carbonyl (C=O) groups is 2. The fourth-order valence-corrected chi connectivity index (χ4v) is 3.04. The number of carbonyl (C=O) groups excluding carboxylic acids is 2. The van der Waals surface area contributed by atoms with Crippen molar-refractivity contribution in [2.75, 3.05) is 13.1 Å². The molecule has 0 saturated heterocycles. The van der Waals surface area contributed by atoms with E-state index >= 15 is 0 Å². The SMILES string of the molecule is CC(=O)Oc1cc2c(cc1O)CCNC2CNC(=O)OCc1ccccc1. The molecule has 2 aromatic rings. The van der Waals surface area contributed by atoms with Gasteiger partial charge in [-0.15, -0.1) is 0 Å². The van der Waals surface area contributed by atoms with Crippen molar-refractivity contribution in [1.29, 1.82) is 0 Å². The molecule has 3 N–H and O–H groups in total. The highest BCUT2D eigenvalue weighted by Crippen LogP contribution is 2.34. The van der Waals surface area contributed by atoms with Gasteiger partial charge in [0, 0.05) is 13.5 Å². The largest absolute Gasteiger partial charge is 0.504 e. The quantitative estimate of drug-likeness (QED) is 0.553. The fourth-order valence-electron chi connectivity index (χ4n) is 3.04. The van der Waals surface area contributed by atoms with Gasteiger partial charge in [0.15, 0.2) is 11.5 Å². The Kier molecular flexibility index (Phi) is 5.93. The van der Waals surface area contributed by atoms with Crippen molar-refractivity contribution in [3.63, 3.8) is 0 Å². The van der Waals surface area contributed by atoms with Crippen LogP contribution in [-0.4, -0.2) is 30.3 Å². The molecule has 0 radical (unpaired) electrons. The number of hydrogen-bond acceptors (Lipinski definition) is 6. The monoisotopic (exact) mass is 370 g/mol. The molecular weight excluding hydrogens is 348 g/mol. The Morgan fingerprint density at radius 2 is 2.04 bits per heavy atom. The number of aromatic hydroxyl groups is 1. The van der Waals surface area contributed by atoms with E-state index in [0.29, 0.717) is 13.1 Å². The Morgan fingerprint density at radius 3 is 2.78 bits per heavy atom. The number of phenols is 1. The third-order valence-electron chi connectivity index (χ3n) is 4.30. The first-order valence-electron chi connectivity index (χ1n) is 8.75. The first-order chi connectivity index (χ1) is 13.0. The van der Waals surface area contributed by atoms with E-state index in [1.54, 1.807) is 12.1 Å². The zero-order chi connectivity index (χ0) is 19.2. The normalized spacial score (nSPS) is 15.5. The van der Waals surface area contributed by atoms with Gasteiger partial charge in [0.1, 0.15) is 6.61 Å². The number of benzene rings is 2. The molecule has 1 aliphatic rings. The lowest BCUT2D eigenvalue weighted by molar-refractivity contribution is -0.132. The summed E-state index contributed by atoms with van der Waals surface area (Å²) in [7, 11) is 0. The van der Waals surface area contributed by atoms with Crippen molar-refractivity contribution < 1.29 is 24.2 Å². The van der Waals surface area contributed by atoms with Crippen molar-refractivity contribution in [3.8, 4) is 11.5 Å². The first kappa shape index (κ1) is 18.7. The molecule has 0 bridgehead atoms. The van der Waals surface area contributed by atoms with Crippen LogP contribution in [-0.2, 0) is 22.6 Å². The van der Waals surface area contributed by atoms with E-state index in [0.717, 1.165) is 23.1 Å². The minimum Gasteiger partial charge on any atom is -0.504 e. The van der Waals surface area contributed by atoms with E-state index in [9.17, 15) is 14.7 Å². The second-order valence-electron chi connectivity index (χ2n) is 6.31. The van der Waals surface area contributed by atoms with Crippen LogP contribution in [0, 0.1) is 0 Å². The molecule has 0 aliphatic carbocycles. The van der Waals surface area contributed by atoms with Crippen molar-refractivity contribution >= 4 is 12.1 Å². The van der Waals surface area contributed by atoms with Crippen LogP contribution >= 0.6 is 0 Å². The van der Waals surface area contributed by atoms with Crippen molar-refractivity contribution in [2.24, 2.45) is 0 Å². The van der Waals surface area contributed by atoms with Crippen LogP contribution in [0.5, 0.6) is 11.5 Å². The molecule has 1 unspecified atom stereocenters. The summed E-state index contributed by atoms with van der Waals surface area (Å²) in [6, 6.07) is 12.5. The predicted octanol–water partition coefficient (Wildman–Crippen LogP) is 2.43. The van der Waals surface area contributed by atoms with Gasteiger partial charge >= 0.3 is 12.1 Å². The second kappa shape index (κ2) is 8.55. The molecule has 1 aliphatic heterocycles. The second-order valence-corrected chi connectivity index (χ2v) is 6.31. The molecule has 0 saturated carbocycles. The first-order valence-corrected chi connectivity index (χ1v) is 8.75. The van der Waals surface area contributed by atoms with E-state index < -0.39 is 12.1 Å². The van der Waals surface area contributed by atoms with Gasteiger partial charge in [-0.1, -0.05) is 30.3 Å². The maximum Gasteiger partial charge on any atom is 0.407 e. The predicted molar refractivity (Wildman–Crippen MR) is 98.5 cm³/mol. The van der Waals surface area contributed by atoms with Gasteiger partial charge in [-0.25, -0.2) is 4.79 Å². The summed E-state index contributed by atoms with van der Waals surface area (Å²) < 4.78 is 10.3. The van der Waals surface area contributed by atoms with E-state index in [2.05, 4.69) is 10.6 Å². The molecule has 3 rings (SSSR count). The lowest BCUT2D eigenvalue weighted by Crippen LogP contribution is -2.39. The third kappa shape index (κ3) is 4.98. The summed E-state index contributed by atoms with van der Waals surface area (Å²) in [6.07, 6.45) is 0.227. The molecule has 1 amide bonds. The lowest BCUT2D eigenvalue weighted by atomic mass is 9.93. The maximum absolute atomic E-state index is 12.0. The highest BCUT2D eigenvalue weighted by atomic mass is 16.5. The van der Waals surface area contributed by atoms with Crippen molar-refractivity contribution in [1.82, 2.24) is 10.6 Å². The summed E-state index contributed by atoms with van der Waals surface area (Å²) in [5.41, 5.74) is 2.74. The van der Waals surface area contributed by atoms with Crippen molar-refractivity contribution in [3.05, 3.63) is 59.2 Å². The third-order valence-corrected chi connectivity index (χ3v) is 4.30. The van der Waals surface area contributed by atoms with Gasteiger partial charge < -0.3 is 25.2 Å². The molecule has 2 aromatic carbocycles. The Labute approximate surface area is 157 Å². The number of ether oxygens (including phenoxy) is 2. The van der Waals surface area contributed by atoms with Crippen LogP contribution in [0.25, 0.3) is 0 Å². The van der Waals surface area contributed by atoms with E-state index in [4.69, 9.17) is 9.47 Å². The van der Waals surface area contributed by atoms with Crippen LogP contribution in [0.1, 0.15) is 29.7 Å². The summed E-state index contributed by atoms with van der Waals surface area (Å²) in [5.74, 6) is -0.463. The van der Waals surface area contributed by atoms with Crippen LogP contribution < -0.4 is 15.4 Å². The average Bonchev–Trinajstić information content (AvgIpc) is 2.66. The standard InChI is InChI=1S/C20H22N2O5/c1-13(23)27-19-10-16-15(9-18(19)24)7-8-21-17(16)11-22-20(25)26-12-14-5-3-2-4-6-14/h2-6,9-10,17,21,24H,7-8,11-12H2,1H3,(H,22,25). The number of esters is 1. The molecule has 142 valence electrons. The number of phenolic OH excluding ortho intramolecular Hbond substituents is 1. The van der Waals surface area contributed by atoms with E-state index in [-0.39, 0.29) is 24.1 Å². The van der Waals surface area contributed by atoms with Gasteiger partial charge in [0.05, 0.1) is 6.04 Å². The number of nitrogens with one attached hydrogen (secondary N) is 2. The lowest BCUT2D eigenvalue weighted by Gasteiger charge is -2.27. The number of fused-ring (bicyclic) bond motifs is 1. The summed E-state index contributed by atoms with van der Waals surface area (Å²) in [6.45, 7) is 2.50. The van der Waals surface area contributed by atoms with Gasteiger partial charge in [-0.3, -0.25) is 4.79 Å². The fraction of sp³-hybridized carbons (Fsp3) is 0.300. The maximum atomic E-state index is 12.0. The molecule has 0 spiro atoms. The number of rotatable bonds is 5. The van der Waals surface area contributed by atoms with Crippen LogP contribution in [0.2, 0.25) is 0 Å². The molecule has 1 atom stereocenters. The molecule has 7 heteroatoms. The highest BCUT2D eigenvalue weighted by molar-refractivity contribution is 5.71. The van der Waals surface area contributed by atoms with Gasteiger partial charge in [0.2, 0.25) is 0 Å². The Hall–Kier alpha value is -3.06. The van der Waals surface area contributed by atoms with Crippen LogP contribution in [0.15, 0.2) is 42.5 Å². The molecular formula is C20H22N2O5. The molecule has 7 nitrogen and oxygen atoms in total. The Balaban J connectivity index is 1.61. The van der Waals surface area contributed by atoms with Crippen LogP contribution in [0.4, 0.5) is 4.79 Å². The topological polar surface area (TPSA) is 96.9 Å². The van der Waals surface area contributed by atoms with E-state index in [1.807, 2.05) is 30.3 Å². The van der Waals surface area contributed by atoms with Crippen LogP contribution in [0.3, 0.4) is 0 Å². The number of amides is 1. The van der Waals surface area contributed by atoms with E-state index in [1.165, 1.54) is 6.92 Å². The molecule has 0 fully saturated rings. The van der Waals surface area contributed by atoms with Gasteiger partial charge in [0.25, 0.3) is 0 Å². The molecule has 27 heavy (non-hydrogen) atoms. The Morgan fingerprint density at radius 1 is 1.26 bits per heavy atom.